The fourth-order valence-electron chi connectivity index (χ4n) is 6.95. The molecule has 3 aliphatic rings. The van der Waals surface area contributed by atoms with Gasteiger partial charge in [0.2, 0.25) is 35.4 Å². The standard InChI is InChI=1S/C43H63N7O8S/c1-11-25(4)33-38(54)44-26(5)41(56)50-21-17-20-32(50)37(53)45-29(22-28-18-15-14-16-19-28)40-47-31(24-59-40)36(52)49-34(27(6)58-43(9,10)13-3)39(55)46-30(35(51)48-33)23-57-42(7,8)12-2/h12-16,18-19,25-27,29-34H,2-3,11,17,20-24H2,1,4-10H3,(H,44,54)(H,45,53)(H,46,55)(H,48,51)(H,49,52)/t25-,26-,27-,29-,30-,31-,32+,33-,34+/m0/s1. The van der Waals surface area contributed by atoms with Crippen LogP contribution in [-0.2, 0) is 44.7 Å². The Morgan fingerprint density at radius 2 is 1.47 bits per heavy atom. The van der Waals surface area contributed by atoms with Gasteiger partial charge >= 0.3 is 0 Å². The number of benzene rings is 1. The largest absolute Gasteiger partial charge is 0.369 e. The van der Waals surface area contributed by atoms with Crippen LogP contribution in [0.2, 0.25) is 0 Å². The van der Waals surface area contributed by atoms with E-state index in [-0.39, 0.29) is 18.3 Å². The molecule has 9 atom stereocenters. The summed E-state index contributed by atoms with van der Waals surface area (Å²) in [5.74, 6) is -3.61. The molecule has 0 saturated carbocycles. The highest BCUT2D eigenvalue weighted by Gasteiger charge is 2.41. The Kier molecular flexibility index (Phi) is 16.5. The zero-order valence-corrected chi connectivity index (χ0v) is 36.5. The first kappa shape index (κ1) is 47.1. The molecule has 1 aromatic rings. The van der Waals surface area contributed by atoms with Crippen LogP contribution in [0.15, 0.2) is 60.6 Å². The van der Waals surface area contributed by atoms with Crippen LogP contribution in [-0.4, -0.2) is 124 Å². The topological polar surface area (TPSA) is 197 Å². The summed E-state index contributed by atoms with van der Waals surface area (Å²) >= 11 is 1.33. The second kappa shape index (κ2) is 20.6. The molecule has 324 valence electrons. The number of hydrogen-bond donors (Lipinski definition) is 5. The van der Waals surface area contributed by atoms with E-state index in [4.69, 9.17) is 14.5 Å². The van der Waals surface area contributed by atoms with Crippen LogP contribution in [0.5, 0.6) is 0 Å². The van der Waals surface area contributed by atoms with Crippen molar-refractivity contribution in [1.82, 2.24) is 31.5 Å². The zero-order valence-electron chi connectivity index (χ0n) is 35.7. The van der Waals surface area contributed by atoms with Gasteiger partial charge in [-0.2, -0.15) is 0 Å². The number of ether oxygens (including phenoxy) is 2. The van der Waals surface area contributed by atoms with E-state index in [0.29, 0.717) is 37.3 Å². The lowest BCUT2D eigenvalue weighted by Crippen LogP contribution is -2.62. The summed E-state index contributed by atoms with van der Waals surface area (Å²) in [6.07, 6.45) is 4.06. The molecule has 59 heavy (non-hydrogen) atoms. The number of hydrogen-bond acceptors (Lipinski definition) is 10. The van der Waals surface area contributed by atoms with E-state index in [1.807, 2.05) is 37.3 Å². The van der Waals surface area contributed by atoms with Crippen molar-refractivity contribution in [2.75, 3.05) is 18.9 Å². The van der Waals surface area contributed by atoms with Gasteiger partial charge < -0.3 is 41.0 Å². The lowest BCUT2D eigenvalue weighted by Gasteiger charge is -2.33. The molecule has 0 radical (unpaired) electrons. The molecule has 4 rings (SSSR count). The van der Waals surface area contributed by atoms with Crippen molar-refractivity contribution < 1.29 is 38.2 Å². The second-order valence-electron chi connectivity index (χ2n) is 16.6. The maximum absolute atomic E-state index is 14.4. The van der Waals surface area contributed by atoms with Gasteiger partial charge in [0.1, 0.15) is 36.3 Å². The van der Waals surface area contributed by atoms with E-state index in [2.05, 4.69) is 39.7 Å². The molecule has 15 nitrogen and oxygen atoms in total. The molecular formula is C43H63N7O8S. The number of nitrogens with zero attached hydrogens (tertiary/aromatic N) is 2. The van der Waals surface area contributed by atoms with Gasteiger partial charge in [-0.25, -0.2) is 0 Å². The van der Waals surface area contributed by atoms with Crippen LogP contribution >= 0.6 is 11.8 Å². The van der Waals surface area contributed by atoms with Crippen molar-refractivity contribution in [3.63, 3.8) is 0 Å². The van der Waals surface area contributed by atoms with Crippen molar-refractivity contribution in [3.8, 4) is 0 Å². The maximum atomic E-state index is 14.4. The number of nitrogens with one attached hydrogen (secondary N) is 5. The van der Waals surface area contributed by atoms with Gasteiger partial charge in [0.05, 0.1) is 35.0 Å². The Balaban J connectivity index is 1.79. The van der Waals surface area contributed by atoms with Gasteiger partial charge in [0, 0.05) is 12.3 Å². The van der Waals surface area contributed by atoms with Gasteiger partial charge in [-0.15, -0.1) is 24.9 Å². The van der Waals surface area contributed by atoms with E-state index < -0.39 is 95.1 Å². The minimum Gasteiger partial charge on any atom is -0.369 e. The number of amides is 6. The highest BCUT2D eigenvalue weighted by molar-refractivity contribution is 8.14. The van der Waals surface area contributed by atoms with Gasteiger partial charge in [0.15, 0.2) is 0 Å². The summed E-state index contributed by atoms with van der Waals surface area (Å²) in [5, 5.41) is 14.8. The molecule has 16 heteroatoms. The number of thioether (sulfide) groups is 1. The van der Waals surface area contributed by atoms with E-state index in [1.165, 1.54) is 16.7 Å². The number of carbonyl (C=O) groups excluding carboxylic acids is 6. The van der Waals surface area contributed by atoms with E-state index in [9.17, 15) is 28.8 Å². The first-order chi connectivity index (χ1) is 27.8. The molecule has 6 amide bonds. The summed E-state index contributed by atoms with van der Waals surface area (Å²) in [5.41, 5.74) is -0.870. The van der Waals surface area contributed by atoms with Crippen molar-refractivity contribution in [1.29, 1.82) is 0 Å². The van der Waals surface area contributed by atoms with Crippen molar-refractivity contribution in [2.45, 2.75) is 141 Å². The van der Waals surface area contributed by atoms with Crippen LogP contribution in [0, 0.1) is 5.92 Å². The smallest absolute Gasteiger partial charge is 0.246 e. The summed E-state index contributed by atoms with van der Waals surface area (Å²) in [6, 6.07) is 2.39. The third kappa shape index (κ3) is 12.7. The number of fused-ring (bicyclic) bond motifs is 2. The lowest BCUT2D eigenvalue weighted by molar-refractivity contribution is -0.142. The Morgan fingerprint density at radius 1 is 0.847 bits per heavy atom. The summed E-state index contributed by atoms with van der Waals surface area (Å²) in [7, 11) is 0. The average molecular weight is 838 g/mol. The minimum atomic E-state index is -1.35. The molecule has 5 N–H and O–H groups in total. The van der Waals surface area contributed by atoms with E-state index in [0.717, 1.165) is 5.56 Å². The number of carbonyl (C=O) groups is 6. The average Bonchev–Trinajstić information content (AvgIpc) is 3.91. The summed E-state index contributed by atoms with van der Waals surface area (Å²) in [4.78, 5) is 90.9. The highest BCUT2D eigenvalue weighted by Crippen LogP contribution is 2.25. The van der Waals surface area contributed by atoms with Crippen molar-refractivity contribution in [2.24, 2.45) is 10.9 Å². The molecule has 3 aliphatic heterocycles. The van der Waals surface area contributed by atoms with Crippen LogP contribution in [0.1, 0.15) is 80.2 Å². The predicted molar refractivity (Wildman–Crippen MR) is 228 cm³/mol. The molecule has 3 heterocycles. The van der Waals surface area contributed by atoms with Gasteiger partial charge in [-0.3, -0.25) is 33.8 Å². The molecular weight excluding hydrogens is 775 g/mol. The molecule has 1 aromatic carbocycles. The minimum absolute atomic E-state index is 0.238. The van der Waals surface area contributed by atoms with Gasteiger partial charge in [-0.1, -0.05) is 62.8 Å². The first-order valence-electron chi connectivity index (χ1n) is 20.4. The van der Waals surface area contributed by atoms with E-state index in [1.54, 1.807) is 60.6 Å². The number of aliphatic imine (C=N–C) groups is 1. The third-order valence-corrected chi connectivity index (χ3v) is 12.2. The van der Waals surface area contributed by atoms with Crippen LogP contribution in [0.3, 0.4) is 0 Å². The first-order valence-corrected chi connectivity index (χ1v) is 21.4. The molecule has 0 aromatic heterocycles. The van der Waals surface area contributed by atoms with Crippen LogP contribution in [0.4, 0.5) is 0 Å². The molecule has 0 spiro atoms. The van der Waals surface area contributed by atoms with Crippen LogP contribution < -0.4 is 26.6 Å². The fraction of sp³-hybridized carbons (Fsp3) is 0.605. The fourth-order valence-corrected chi connectivity index (χ4v) is 8.05. The third-order valence-electron chi connectivity index (χ3n) is 11.0. The van der Waals surface area contributed by atoms with Crippen molar-refractivity contribution >= 4 is 52.2 Å². The Hall–Kier alpha value is -4.54. The Morgan fingerprint density at radius 3 is 2.12 bits per heavy atom. The maximum Gasteiger partial charge on any atom is 0.246 e. The van der Waals surface area contributed by atoms with Crippen molar-refractivity contribution in [3.05, 3.63) is 61.2 Å². The molecule has 1 saturated heterocycles. The summed E-state index contributed by atoms with van der Waals surface area (Å²) in [6.45, 7) is 21.5. The lowest BCUT2D eigenvalue weighted by atomic mass is 9.97. The Labute approximate surface area is 352 Å². The SMILES string of the molecule is C=CC(C)(C)OC[C@@H]1NC(=O)[C@@H]([C@H](C)OC(C)(C)C=C)NC(=O)[C@@H]2CSC(=N2)[C@H](Cc2ccccc2)NC(=O)[C@H]2CCCN2C(=O)[C@H](C)NC(=O)[C@H]([C@@H](C)CC)NC1=O. The predicted octanol–water partition coefficient (Wildman–Crippen LogP) is 2.59. The molecule has 1 fully saturated rings. The monoisotopic (exact) mass is 837 g/mol. The zero-order chi connectivity index (χ0) is 43.7. The second-order valence-corrected chi connectivity index (χ2v) is 17.7. The highest BCUT2D eigenvalue weighted by atomic mass is 32.2. The van der Waals surface area contributed by atoms with Gasteiger partial charge in [0.25, 0.3) is 0 Å². The van der Waals surface area contributed by atoms with E-state index >= 15 is 0 Å². The van der Waals surface area contributed by atoms with Gasteiger partial charge in [-0.05, 0) is 72.3 Å². The normalized spacial score (nSPS) is 27.8. The Bertz CT molecular complexity index is 1750. The molecule has 0 unspecified atom stereocenters. The quantitative estimate of drug-likeness (QED) is 0.197. The molecule has 2 bridgehead atoms. The number of rotatable bonds is 12. The molecule has 0 aliphatic carbocycles. The van der Waals surface area contributed by atoms with Crippen LogP contribution in [0.25, 0.3) is 0 Å². The summed E-state index contributed by atoms with van der Waals surface area (Å²) < 4.78 is 12.2.